The van der Waals surface area contributed by atoms with Crippen molar-refractivity contribution in [3.05, 3.63) is 23.3 Å². The summed E-state index contributed by atoms with van der Waals surface area (Å²) in [7, 11) is 1.64. The van der Waals surface area contributed by atoms with E-state index in [2.05, 4.69) is 17.5 Å². The first-order valence-electron chi connectivity index (χ1n) is 4.90. The molecule has 0 spiro atoms. The fourth-order valence-corrected chi connectivity index (χ4v) is 1.60. The van der Waals surface area contributed by atoms with Gasteiger partial charge in [0.1, 0.15) is 11.8 Å². The van der Waals surface area contributed by atoms with Crippen molar-refractivity contribution in [1.82, 2.24) is 0 Å². The number of nitrogens with zero attached hydrogens (tertiary/aromatic N) is 1. The Morgan fingerprint density at radius 2 is 2.07 bits per heavy atom. The smallest absolute Gasteiger partial charge is 0.144 e. The van der Waals surface area contributed by atoms with Gasteiger partial charge in [-0.1, -0.05) is 6.07 Å². The van der Waals surface area contributed by atoms with Crippen LogP contribution in [0.15, 0.2) is 12.1 Å². The highest BCUT2D eigenvalue weighted by Gasteiger charge is 2.09. The van der Waals surface area contributed by atoms with Crippen molar-refractivity contribution < 1.29 is 4.74 Å². The second-order valence-corrected chi connectivity index (χ2v) is 3.66. The van der Waals surface area contributed by atoms with E-state index in [1.54, 1.807) is 7.11 Å². The van der Waals surface area contributed by atoms with Gasteiger partial charge in [-0.05, 0) is 38.0 Å². The second-order valence-electron chi connectivity index (χ2n) is 3.66. The normalized spacial score (nSPS) is 11.7. The molecule has 0 aliphatic heterocycles. The fraction of sp³-hybridized carbons (Fsp3) is 0.417. The van der Waals surface area contributed by atoms with Gasteiger partial charge in [-0.15, -0.1) is 0 Å². The Kier molecular flexibility index (Phi) is 3.56. The Morgan fingerprint density at radius 3 is 2.60 bits per heavy atom. The Labute approximate surface area is 90.7 Å². The van der Waals surface area contributed by atoms with Gasteiger partial charge in [-0.3, -0.25) is 0 Å². The van der Waals surface area contributed by atoms with Crippen LogP contribution in [0.2, 0.25) is 0 Å². The Hall–Kier alpha value is -1.69. The molecule has 0 aliphatic carbocycles. The Bertz CT molecular complexity index is 393. The third-order valence-electron chi connectivity index (χ3n) is 2.19. The third kappa shape index (κ3) is 2.63. The standard InChI is InChI=1S/C12H16N2O/c1-8-5-9(2)12(15-4)11(6-8)14-10(3)7-13/h5-6,10,14H,1-4H3. The maximum absolute atomic E-state index is 8.74. The molecule has 1 rings (SSSR count). The lowest BCUT2D eigenvalue weighted by molar-refractivity contribution is 0.413. The average Bonchev–Trinajstić information content (AvgIpc) is 2.17. The van der Waals surface area contributed by atoms with Crippen LogP contribution in [0.4, 0.5) is 5.69 Å². The van der Waals surface area contributed by atoms with Crippen LogP contribution in [0.25, 0.3) is 0 Å². The number of aryl methyl sites for hydroxylation is 2. The van der Waals surface area contributed by atoms with Gasteiger partial charge in [0.2, 0.25) is 0 Å². The lowest BCUT2D eigenvalue weighted by atomic mass is 10.1. The Morgan fingerprint density at radius 1 is 1.40 bits per heavy atom. The van der Waals surface area contributed by atoms with Gasteiger partial charge in [0.15, 0.2) is 0 Å². The lowest BCUT2D eigenvalue weighted by Gasteiger charge is -2.15. The van der Waals surface area contributed by atoms with Gasteiger partial charge in [0.05, 0.1) is 18.9 Å². The van der Waals surface area contributed by atoms with Gasteiger partial charge in [0.25, 0.3) is 0 Å². The number of hydrogen-bond acceptors (Lipinski definition) is 3. The van der Waals surface area contributed by atoms with Crippen LogP contribution in [-0.4, -0.2) is 13.2 Å². The van der Waals surface area contributed by atoms with Crippen molar-refractivity contribution in [3.8, 4) is 11.8 Å². The van der Waals surface area contributed by atoms with E-state index in [1.807, 2.05) is 26.8 Å². The predicted octanol–water partition coefficient (Wildman–Crippen LogP) is 2.64. The highest BCUT2D eigenvalue weighted by molar-refractivity contribution is 5.62. The zero-order valence-corrected chi connectivity index (χ0v) is 9.59. The molecule has 1 N–H and O–H groups in total. The van der Waals surface area contributed by atoms with Crippen LogP contribution in [0, 0.1) is 25.2 Å². The van der Waals surface area contributed by atoms with Crippen molar-refractivity contribution in [1.29, 1.82) is 5.26 Å². The van der Waals surface area contributed by atoms with Crippen molar-refractivity contribution in [3.63, 3.8) is 0 Å². The molecule has 80 valence electrons. The molecule has 0 aliphatic rings. The van der Waals surface area contributed by atoms with Crippen LogP contribution in [0.3, 0.4) is 0 Å². The maximum Gasteiger partial charge on any atom is 0.144 e. The van der Waals surface area contributed by atoms with Crippen LogP contribution in [0.1, 0.15) is 18.1 Å². The Balaban J connectivity index is 3.10. The van der Waals surface area contributed by atoms with Crippen molar-refractivity contribution in [2.75, 3.05) is 12.4 Å². The molecular weight excluding hydrogens is 188 g/mol. The van der Waals surface area contributed by atoms with Gasteiger partial charge in [-0.2, -0.15) is 5.26 Å². The fourth-order valence-electron chi connectivity index (χ4n) is 1.60. The summed E-state index contributed by atoms with van der Waals surface area (Å²) in [6, 6.07) is 5.96. The molecule has 0 bridgehead atoms. The number of methoxy groups -OCH3 is 1. The summed E-state index contributed by atoms with van der Waals surface area (Å²) in [5, 5.41) is 11.9. The molecule has 1 atom stereocenters. The molecule has 1 aromatic carbocycles. The van der Waals surface area contributed by atoms with E-state index in [-0.39, 0.29) is 6.04 Å². The quantitative estimate of drug-likeness (QED) is 0.823. The van der Waals surface area contributed by atoms with Crippen LogP contribution < -0.4 is 10.1 Å². The van der Waals surface area contributed by atoms with Gasteiger partial charge in [-0.25, -0.2) is 0 Å². The van der Waals surface area contributed by atoms with Crippen molar-refractivity contribution in [2.24, 2.45) is 0 Å². The summed E-state index contributed by atoms with van der Waals surface area (Å²) in [6.45, 7) is 5.83. The van der Waals surface area contributed by atoms with E-state index in [0.717, 1.165) is 22.6 Å². The zero-order valence-electron chi connectivity index (χ0n) is 9.59. The summed E-state index contributed by atoms with van der Waals surface area (Å²) in [5.74, 6) is 0.808. The molecule has 15 heavy (non-hydrogen) atoms. The molecule has 0 aromatic heterocycles. The first-order valence-corrected chi connectivity index (χ1v) is 4.90. The summed E-state index contributed by atoms with van der Waals surface area (Å²) in [6.07, 6.45) is 0. The molecule has 0 saturated heterocycles. The molecule has 0 saturated carbocycles. The number of nitrogens with one attached hydrogen (secondary N) is 1. The van der Waals surface area contributed by atoms with E-state index >= 15 is 0 Å². The molecule has 0 fully saturated rings. The second kappa shape index (κ2) is 4.70. The molecular formula is C12H16N2O. The van der Waals surface area contributed by atoms with Gasteiger partial charge in [0, 0.05) is 0 Å². The van der Waals surface area contributed by atoms with E-state index < -0.39 is 0 Å². The first-order chi connectivity index (χ1) is 7.08. The van der Waals surface area contributed by atoms with E-state index in [4.69, 9.17) is 10.00 Å². The van der Waals surface area contributed by atoms with Crippen LogP contribution in [0.5, 0.6) is 5.75 Å². The minimum atomic E-state index is -0.222. The van der Waals surface area contributed by atoms with Crippen molar-refractivity contribution in [2.45, 2.75) is 26.8 Å². The molecule has 0 amide bonds. The third-order valence-corrected chi connectivity index (χ3v) is 2.19. The lowest BCUT2D eigenvalue weighted by Crippen LogP contribution is -2.13. The number of benzene rings is 1. The number of ether oxygens (including phenoxy) is 1. The minimum Gasteiger partial charge on any atom is -0.494 e. The largest absolute Gasteiger partial charge is 0.494 e. The van der Waals surface area contributed by atoms with Gasteiger partial charge >= 0.3 is 0 Å². The number of rotatable bonds is 3. The molecule has 3 heteroatoms. The number of anilines is 1. The summed E-state index contributed by atoms with van der Waals surface area (Å²) < 4.78 is 5.30. The summed E-state index contributed by atoms with van der Waals surface area (Å²) >= 11 is 0. The maximum atomic E-state index is 8.74. The average molecular weight is 204 g/mol. The van der Waals surface area contributed by atoms with Gasteiger partial charge < -0.3 is 10.1 Å². The SMILES string of the molecule is COc1c(C)cc(C)cc1NC(C)C#N. The first kappa shape index (κ1) is 11.4. The number of nitriles is 1. The van der Waals surface area contributed by atoms with E-state index in [9.17, 15) is 0 Å². The van der Waals surface area contributed by atoms with Crippen molar-refractivity contribution >= 4 is 5.69 Å². The topological polar surface area (TPSA) is 45.0 Å². The molecule has 0 heterocycles. The monoisotopic (exact) mass is 204 g/mol. The molecule has 0 radical (unpaired) electrons. The number of hydrogen-bond donors (Lipinski definition) is 1. The summed E-state index contributed by atoms with van der Waals surface area (Å²) in [5.41, 5.74) is 3.11. The highest BCUT2D eigenvalue weighted by atomic mass is 16.5. The predicted molar refractivity (Wildman–Crippen MR) is 61.2 cm³/mol. The zero-order chi connectivity index (χ0) is 11.4. The highest BCUT2D eigenvalue weighted by Crippen LogP contribution is 2.30. The molecule has 1 aromatic rings. The minimum absolute atomic E-state index is 0.222. The summed E-state index contributed by atoms with van der Waals surface area (Å²) in [4.78, 5) is 0. The molecule has 1 unspecified atom stereocenters. The molecule has 3 nitrogen and oxygen atoms in total. The van der Waals surface area contributed by atoms with E-state index in [1.165, 1.54) is 0 Å². The van der Waals surface area contributed by atoms with E-state index in [0.29, 0.717) is 0 Å². The van der Waals surface area contributed by atoms with Crippen LogP contribution >= 0.6 is 0 Å². The van der Waals surface area contributed by atoms with Crippen LogP contribution in [-0.2, 0) is 0 Å².